The van der Waals surface area contributed by atoms with E-state index in [-0.39, 0.29) is 29.8 Å². The molecule has 0 spiro atoms. The molecule has 2 aromatic carbocycles. The summed E-state index contributed by atoms with van der Waals surface area (Å²) in [5.41, 5.74) is 3.95. The zero-order valence-corrected chi connectivity index (χ0v) is 18.2. The third-order valence-electron chi connectivity index (χ3n) is 4.17. The molecule has 0 saturated heterocycles. The molecule has 0 bridgehead atoms. The van der Waals surface area contributed by atoms with Crippen LogP contribution in [0.2, 0.25) is 0 Å². The van der Waals surface area contributed by atoms with Crippen LogP contribution in [-0.2, 0) is 19.6 Å². The lowest BCUT2D eigenvalue weighted by Gasteiger charge is -2.13. The third-order valence-corrected chi connectivity index (χ3v) is 4.17. The molecule has 0 unspecified atom stereocenters. The van der Waals surface area contributed by atoms with Crippen molar-refractivity contribution in [2.24, 2.45) is 4.99 Å². The largest absolute Gasteiger partial charge is 0.352 e. The Labute approximate surface area is 181 Å². The van der Waals surface area contributed by atoms with Crippen molar-refractivity contribution in [3.05, 3.63) is 83.2 Å². The van der Waals surface area contributed by atoms with Gasteiger partial charge < -0.3 is 10.6 Å². The van der Waals surface area contributed by atoms with Gasteiger partial charge in [-0.3, -0.25) is 4.99 Å². The van der Waals surface area contributed by atoms with Gasteiger partial charge in [-0.15, -0.1) is 24.0 Å². The van der Waals surface area contributed by atoms with Crippen LogP contribution in [0, 0.1) is 12.7 Å². The fourth-order valence-electron chi connectivity index (χ4n) is 2.75. The lowest BCUT2D eigenvalue weighted by molar-refractivity contribution is 0.617. The number of guanidine groups is 1. The van der Waals surface area contributed by atoms with Gasteiger partial charge in [0.1, 0.15) is 18.5 Å². The molecule has 0 aliphatic heterocycles. The van der Waals surface area contributed by atoms with E-state index in [1.807, 2.05) is 12.1 Å². The van der Waals surface area contributed by atoms with Crippen molar-refractivity contribution in [3.63, 3.8) is 0 Å². The minimum Gasteiger partial charge on any atom is -0.352 e. The molecule has 148 valence electrons. The van der Waals surface area contributed by atoms with E-state index in [0.29, 0.717) is 31.2 Å². The summed E-state index contributed by atoms with van der Waals surface area (Å²) in [7, 11) is 1.73. The van der Waals surface area contributed by atoms with Crippen LogP contribution in [0.15, 0.2) is 60.1 Å². The maximum atomic E-state index is 13.4. The van der Waals surface area contributed by atoms with Gasteiger partial charge in [-0.25, -0.2) is 14.1 Å². The predicted molar refractivity (Wildman–Crippen MR) is 119 cm³/mol. The van der Waals surface area contributed by atoms with Crippen LogP contribution in [0.1, 0.15) is 22.3 Å². The number of benzene rings is 2. The van der Waals surface area contributed by atoms with E-state index >= 15 is 0 Å². The monoisotopic (exact) mass is 494 g/mol. The first-order chi connectivity index (χ1) is 13.1. The molecule has 8 heteroatoms. The number of nitrogens with zero attached hydrogens (tertiary/aromatic N) is 4. The number of aromatic nitrogens is 3. The molecule has 3 aromatic rings. The minimum absolute atomic E-state index is 0. The fraction of sp³-hybridized carbons (Fsp3) is 0.250. The molecule has 3 rings (SSSR count). The number of aryl methyl sites for hydroxylation is 1. The lowest BCUT2D eigenvalue weighted by Crippen LogP contribution is -2.36. The quantitative estimate of drug-likeness (QED) is 0.314. The van der Waals surface area contributed by atoms with Crippen molar-refractivity contribution in [3.8, 4) is 0 Å². The van der Waals surface area contributed by atoms with Crippen molar-refractivity contribution in [1.29, 1.82) is 0 Å². The van der Waals surface area contributed by atoms with Crippen molar-refractivity contribution in [1.82, 2.24) is 25.4 Å². The van der Waals surface area contributed by atoms with E-state index in [1.54, 1.807) is 31.0 Å². The summed E-state index contributed by atoms with van der Waals surface area (Å²) >= 11 is 0. The van der Waals surface area contributed by atoms with E-state index in [2.05, 4.69) is 43.9 Å². The van der Waals surface area contributed by atoms with E-state index in [1.165, 1.54) is 12.4 Å². The molecule has 2 N–H and O–H groups in total. The summed E-state index contributed by atoms with van der Waals surface area (Å²) in [6.07, 6.45) is 3.23. The third kappa shape index (κ3) is 6.29. The zero-order chi connectivity index (χ0) is 19.1. The van der Waals surface area contributed by atoms with Crippen molar-refractivity contribution in [2.75, 3.05) is 7.05 Å². The van der Waals surface area contributed by atoms with Gasteiger partial charge in [0.15, 0.2) is 5.96 Å². The van der Waals surface area contributed by atoms with Gasteiger partial charge >= 0.3 is 0 Å². The van der Waals surface area contributed by atoms with Gasteiger partial charge in [0.2, 0.25) is 0 Å². The van der Waals surface area contributed by atoms with Crippen LogP contribution in [0.5, 0.6) is 0 Å². The molecule has 28 heavy (non-hydrogen) atoms. The topological polar surface area (TPSA) is 67.1 Å². The second kappa shape index (κ2) is 10.7. The number of hydrogen-bond acceptors (Lipinski definition) is 3. The number of hydrogen-bond donors (Lipinski definition) is 2. The molecule has 0 radical (unpaired) electrons. The summed E-state index contributed by atoms with van der Waals surface area (Å²) < 4.78 is 15.1. The molecule has 1 aromatic heterocycles. The van der Waals surface area contributed by atoms with Gasteiger partial charge in [-0.05, 0) is 35.2 Å². The Morgan fingerprint density at radius 3 is 2.43 bits per heavy atom. The summed E-state index contributed by atoms with van der Waals surface area (Å²) in [6.45, 7) is 3.67. The summed E-state index contributed by atoms with van der Waals surface area (Å²) in [6, 6.07) is 13.4. The van der Waals surface area contributed by atoms with Gasteiger partial charge in [-0.1, -0.05) is 36.4 Å². The van der Waals surface area contributed by atoms with Gasteiger partial charge in [-0.2, -0.15) is 5.10 Å². The first kappa shape index (κ1) is 21.8. The van der Waals surface area contributed by atoms with Crippen LogP contribution < -0.4 is 10.6 Å². The Balaban J connectivity index is 0.00000280. The summed E-state index contributed by atoms with van der Waals surface area (Å²) in [5.74, 6) is 0.505. The molecule has 0 atom stereocenters. The zero-order valence-electron chi connectivity index (χ0n) is 15.9. The molecule has 0 amide bonds. The predicted octanol–water partition coefficient (Wildman–Crippen LogP) is 3.26. The smallest absolute Gasteiger partial charge is 0.191 e. The van der Waals surface area contributed by atoms with Crippen LogP contribution in [0.3, 0.4) is 0 Å². The van der Waals surface area contributed by atoms with E-state index < -0.39 is 0 Å². The van der Waals surface area contributed by atoms with Crippen LogP contribution >= 0.6 is 24.0 Å². The molecule has 1 heterocycles. The maximum absolute atomic E-state index is 13.4. The fourth-order valence-corrected chi connectivity index (χ4v) is 2.75. The van der Waals surface area contributed by atoms with E-state index in [4.69, 9.17) is 0 Å². The Bertz CT molecular complexity index is 911. The molecule has 0 fully saturated rings. The van der Waals surface area contributed by atoms with Gasteiger partial charge in [0.25, 0.3) is 0 Å². The Morgan fingerprint density at radius 1 is 1.07 bits per heavy atom. The minimum atomic E-state index is -0.188. The highest BCUT2D eigenvalue weighted by Crippen LogP contribution is 2.09. The number of nitrogens with one attached hydrogen (secondary N) is 2. The standard InChI is InChI=1S/C20H23FN6.HI/c1-15-8-17(6-7-19(15)21)11-25-20(22-2)24-10-16-4-3-5-18(9-16)12-27-14-23-13-26-27;/h3-9,13-14H,10-12H2,1-2H3,(H2,22,24,25);1H. The molecular formula is C20H24FIN6. The normalized spacial score (nSPS) is 11.0. The molecule has 0 aliphatic rings. The first-order valence-electron chi connectivity index (χ1n) is 8.74. The molecule has 6 nitrogen and oxygen atoms in total. The highest BCUT2D eigenvalue weighted by molar-refractivity contribution is 14.0. The van der Waals surface area contributed by atoms with E-state index in [0.717, 1.165) is 16.7 Å². The van der Waals surface area contributed by atoms with Crippen molar-refractivity contribution < 1.29 is 4.39 Å². The lowest BCUT2D eigenvalue weighted by atomic mass is 10.1. The summed E-state index contributed by atoms with van der Waals surface area (Å²) in [5, 5.41) is 10.7. The maximum Gasteiger partial charge on any atom is 0.191 e. The average Bonchev–Trinajstić information content (AvgIpc) is 3.18. The van der Waals surface area contributed by atoms with Crippen LogP contribution in [0.4, 0.5) is 4.39 Å². The second-order valence-electron chi connectivity index (χ2n) is 6.28. The van der Waals surface area contributed by atoms with Crippen molar-refractivity contribution in [2.45, 2.75) is 26.6 Å². The SMILES string of the molecule is CN=C(NCc1cccc(Cn2cncn2)c1)NCc1ccc(F)c(C)c1.I. The van der Waals surface area contributed by atoms with Crippen LogP contribution in [-0.4, -0.2) is 27.8 Å². The Hall–Kier alpha value is -2.49. The van der Waals surface area contributed by atoms with Gasteiger partial charge in [0.05, 0.1) is 6.54 Å². The van der Waals surface area contributed by atoms with Crippen molar-refractivity contribution >= 4 is 29.9 Å². The second-order valence-corrected chi connectivity index (χ2v) is 6.28. The summed E-state index contributed by atoms with van der Waals surface area (Å²) in [4.78, 5) is 8.20. The number of aliphatic imine (C=N–C) groups is 1. The highest BCUT2D eigenvalue weighted by atomic mass is 127. The molecule has 0 aliphatic carbocycles. The Kier molecular flexibility index (Phi) is 8.37. The first-order valence-corrected chi connectivity index (χ1v) is 8.74. The highest BCUT2D eigenvalue weighted by Gasteiger charge is 2.03. The molecular weight excluding hydrogens is 470 g/mol. The Morgan fingerprint density at radius 2 is 1.79 bits per heavy atom. The number of rotatable bonds is 6. The van der Waals surface area contributed by atoms with Gasteiger partial charge in [0, 0.05) is 20.1 Å². The van der Waals surface area contributed by atoms with E-state index in [9.17, 15) is 4.39 Å². The number of halogens is 2. The average molecular weight is 494 g/mol. The van der Waals surface area contributed by atoms with Crippen LogP contribution in [0.25, 0.3) is 0 Å². The molecule has 0 saturated carbocycles.